The van der Waals surface area contributed by atoms with Gasteiger partial charge in [-0.25, -0.2) is 24.0 Å². The third-order valence-electron chi connectivity index (χ3n) is 4.70. The summed E-state index contributed by atoms with van der Waals surface area (Å²) < 4.78 is 36.9. The molecule has 12 heteroatoms. The molecule has 12 nitrogen and oxygen atoms in total. The normalized spacial score (nSPS) is 10.8. The molecule has 0 aromatic carbocycles. The van der Waals surface area contributed by atoms with Crippen molar-refractivity contribution in [2.24, 2.45) is 10.8 Å². The van der Waals surface area contributed by atoms with E-state index in [1.54, 1.807) is 0 Å². The zero-order valence-electron chi connectivity index (χ0n) is 21.5. The monoisotopic (exact) mass is 538 g/mol. The highest BCUT2D eigenvalue weighted by Gasteiger charge is 2.39. The molecule has 0 spiro atoms. The molecule has 0 rings (SSSR count). The highest BCUT2D eigenvalue weighted by atomic mass is 16.6. The van der Waals surface area contributed by atoms with Crippen molar-refractivity contribution in [3.05, 3.63) is 63.3 Å². The number of hydrogen-bond donors (Lipinski definition) is 0. The zero-order chi connectivity index (χ0) is 29.0. The molecule has 210 valence electrons. The maximum Gasteiger partial charge on any atom is 0.330 e. The second kappa shape index (κ2) is 18.3. The predicted molar refractivity (Wildman–Crippen MR) is 133 cm³/mol. The molecule has 0 N–H and O–H groups in total. The summed E-state index contributed by atoms with van der Waals surface area (Å²) in [5.74, 6) is -3.85. The Hall–Kier alpha value is -4.03. The number of esters is 5. The molecule has 0 saturated carbocycles. The molecular formula is C26H34O12. The first-order valence-electron chi connectivity index (χ1n) is 11.1. The molecular weight excluding hydrogens is 504 g/mol. The van der Waals surface area contributed by atoms with Gasteiger partial charge in [0.1, 0.15) is 33.0 Å². The fourth-order valence-corrected chi connectivity index (χ4v) is 2.71. The topological polar surface area (TPSA) is 150 Å². The van der Waals surface area contributed by atoms with E-state index in [1.807, 2.05) is 0 Å². The lowest BCUT2D eigenvalue weighted by atomic mass is 9.90. The molecule has 38 heavy (non-hydrogen) atoms. The van der Waals surface area contributed by atoms with Gasteiger partial charge in [0.2, 0.25) is 0 Å². The maximum atomic E-state index is 11.8. The summed E-state index contributed by atoms with van der Waals surface area (Å²) >= 11 is 0. The minimum atomic E-state index is -1.40. The quantitative estimate of drug-likeness (QED) is 0.118. The summed E-state index contributed by atoms with van der Waals surface area (Å²) in [6.45, 7) is 14.1. The van der Waals surface area contributed by atoms with E-state index < -0.39 is 60.5 Å². The van der Waals surface area contributed by atoms with Gasteiger partial charge in [-0.05, 0) is 0 Å². The lowest BCUT2D eigenvalue weighted by Crippen LogP contribution is -2.46. The zero-order valence-corrected chi connectivity index (χ0v) is 21.5. The summed E-state index contributed by atoms with van der Waals surface area (Å²) in [5, 5.41) is 0. The van der Waals surface area contributed by atoms with Gasteiger partial charge >= 0.3 is 29.8 Å². The van der Waals surface area contributed by atoms with Crippen LogP contribution in [-0.2, 0) is 57.1 Å². The minimum absolute atomic E-state index is 0.0861. The first-order valence-corrected chi connectivity index (χ1v) is 11.1. The second-order valence-electron chi connectivity index (χ2n) is 7.98. The molecule has 0 aliphatic rings. The summed E-state index contributed by atoms with van der Waals surface area (Å²) in [4.78, 5) is 58.7. The average Bonchev–Trinajstić information content (AvgIpc) is 2.94. The maximum absolute atomic E-state index is 11.8. The molecule has 0 aliphatic heterocycles. The van der Waals surface area contributed by atoms with E-state index in [-0.39, 0.29) is 33.0 Å². The lowest BCUT2D eigenvalue weighted by molar-refractivity contribution is -0.167. The molecule has 0 saturated heterocycles. The van der Waals surface area contributed by atoms with E-state index in [1.165, 1.54) is 7.11 Å². The number of methoxy groups -OCH3 is 1. The third-order valence-corrected chi connectivity index (χ3v) is 4.70. The smallest absolute Gasteiger partial charge is 0.330 e. The van der Waals surface area contributed by atoms with Crippen molar-refractivity contribution in [1.82, 2.24) is 0 Å². The van der Waals surface area contributed by atoms with Crippen LogP contribution >= 0.6 is 0 Å². The van der Waals surface area contributed by atoms with E-state index in [0.29, 0.717) is 0 Å². The van der Waals surface area contributed by atoms with Gasteiger partial charge in [0.05, 0.1) is 30.7 Å². The Morgan fingerprint density at radius 1 is 0.474 bits per heavy atom. The van der Waals surface area contributed by atoms with Crippen LogP contribution in [0.1, 0.15) is 0 Å². The number of hydrogen-bond acceptors (Lipinski definition) is 12. The SMILES string of the molecule is C=CC(=O)OCC(COC)(COCC(COC(=O)C=C)(COC(=O)C=C)COC(=O)C=C)COC(=O)C=C. The summed E-state index contributed by atoms with van der Waals surface area (Å²) in [5.41, 5.74) is -2.60. The summed E-state index contributed by atoms with van der Waals surface area (Å²) in [6, 6.07) is 0. The first kappa shape index (κ1) is 34.0. The van der Waals surface area contributed by atoms with Crippen LogP contribution in [0.2, 0.25) is 0 Å². The standard InChI is InChI=1S/C26H34O12/c1-7-20(27)34-15-25(12-32-6,16-35-21(28)8-2)13-33-14-26(17-36-22(29)9-3,18-37-23(30)10-4)19-38-24(31)11-5/h7-11H,1-5,12-19H2,6H3. The molecule has 0 heterocycles. The molecule has 0 unspecified atom stereocenters. The fraction of sp³-hybridized carbons (Fsp3) is 0.423. The molecule has 0 aromatic rings. The van der Waals surface area contributed by atoms with Gasteiger partial charge in [0.15, 0.2) is 0 Å². The third kappa shape index (κ3) is 13.3. The Morgan fingerprint density at radius 3 is 0.921 bits per heavy atom. The van der Waals surface area contributed by atoms with E-state index in [9.17, 15) is 24.0 Å². The highest BCUT2D eigenvalue weighted by Crippen LogP contribution is 2.25. The van der Waals surface area contributed by atoms with Gasteiger partial charge in [-0.15, -0.1) is 0 Å². The van der Waals surface area contributed by atoms with Gasteiger partial charge in [-0.2, -0.15) is 0 Å². The van der Waals surface area contributed by atoms with Gasteiger partial charge in [0, 0.05) is 37.5 Å². The molecule has 0 fully saturated rings. The lowest BCUT2D eigenvalue weighted by Gasteiger charge is -2.35. The molecule has 0 radical (unpaired) electrons. The van der Waals surface area contributed by atoms with Crippen LogP contribution in [0.15, 0.2) is 63.3 Å². The Kier molecular flexibility index (Phi) is 16.3. The predicted octanol–water partition coefficient (Wildman–Crippen LogP) is 1.27. The molecule has 0 aromatic heterocycles. The number of carbonyl (C=O) groups is 5. The van der Waals surface area contributed by atoms with E-state index in [2.05, 4.69) is 32.9 Å². The first-order chi connectivity index (χ1) is 18.0. The summed E-state index contributed by atoms with van der Waals surface area (Å²) in [6.07, 6.45) is 4.66. The molecule has 0 aliphatic carbocycles. The van der Waals surface area contributed by atoms with Gasteiger partial charge in [-0.3, -0.25) is 0 Å². The van der Waals surface area contributed by atoms with Crippen molar-refractivity contribution in [2.45, 2.75) is 0 Å². The van der Waals surface area contributed by atoms with Crippen molar-refractivity contribution < 1.29 is 57.1 Å². The van der Waals surface area contributed by atoms with Crippen molar-refractivity contribution in [1.29, 1.82) is 0 Å². The van der Waals surface area contributed by atoms with Crippen molar-refractivity contribution in [3.63, 3.8) is 0 Å². The number of carbonyl (C=O) groups excluding carboxylic acids is 5. The Bertz CT molecular complexity index is 805. The Labute approximate surface area is 221 Å². The van der Waals surface area contributed by atoms with Crippen molar-refractivity contribution in [3.8, 4) is 0 Å². The average molecular weight is 539 g/mol. The Morgan fingerprint density at radius 2 is 0.711 bits per heavy atom. The van der Waals surface area contributed by atoms with Crippen LogP contribution in [0.3, 0.4) is 0 Å². The van der Waals surface area contributed by atoms with E-state index in [4.69, 9.17) is 33.2 Å². The van der Waals surface area contributed by atoms with Crippen LogP contribution in [0.4, 0.5) is 0 Å². The van der Waals surface area contributed by atoms with Crippen LogP contribution in [-0.4, -0.2) is 89.8 Å². The van der Waals surface area contributed by atoms with Gasteiger partial charge in [0.25, 0.3) is 0 Å². The summed E-state index contributed by atoms with van der Waals surface area (Å²) in [7, 11) is 1.38. The van der Waals surface area contributed by atoms with Crippen LogP contribution in [0.25, 0.3) is 0 Å². The number of ether oxygens (including phenoxy) is 7. The van der Waals surface area contributed by atoms with Crippen LogP contribution in [0, 0.1) is 10.8 Å². The van der Waals surface area contributed by atoms with Gasteiger partial charge < -0.3 is 33.2 Å². The van der Waals surface area contributed by atoms with E-state index in [0.717, 1.165) is 30.4 Å². The van der Waals surface area contributed by atoms with Gasteiger partial charge in [-0.1, -0.05) is 32.9 Å². The molecule has 0 bridgehead atoms. The highest BCUT2D eigenvalue weighted by molar-refractivity contribution is 5.82. The largest absolute Gasteiger partial charge is 0.462 e. The Balaban J connectivity index is 6.04. The second-order valence-corrected chi connectivity index (χ2v) is 7.98. The van der Waals surface area contributed by atoms with Crippen LogP contribution < -0.4 is 0 Å². The molecule has 0 amide bonds. The van der Waals surface area contributed by atoms with E-state index >= 15 is 0 Å². The minimum Gasteiger partial charge on any atom is -0.462 e. The molecule has 0 atom stereocenters. The van der Waals surface area contributed by atoms with Crippen molar-refractivity contribution >= 4 is 29.8 Å². The fourth-order valence-electron chi connectivity index (χ4n) is 2.71. The van der Waals surface area contributed by atoms with Crippen LogP contribution in [0.5, 0.6) is 0 Å². The van der Waals surface area contributed by atoms with Crippen molar-refractivity contribution in [2.75, 3.05) is 60.0 Å². The number of rotatable bonds is 21.